The molecule has 2 aliphatic heterocycles. The molecule has 220 valence electrons. The summed E-state index contributed by atoms with van der Waals surface area (Å²) in [4.78, 5) is 20.1. The Balaban J connectivity index is 1.28. The van der Waals surface area contributed by atoms with E-state index in [2.05, 4.69) is 29.0 Å². The second-order valence-electron chi connectivity index (χ2n) is 11.8. The number of ether oxygens (including phenoxy) is 1. The molecular weight excluding hydrogens is 556 g/mol. The van der Waals surface area contributed by atoms with Crippen molar-refractivity contribution in [3.63, 3.8) is 0 Å². The van der Waals surface area contributed by atoms with Gasteiger partial charge in [0.05, 0.1) is 34.3 Å². The second kappa shape index (κ2) is 12.3. The Hall–Kier alpha value is -2.63. The van der Waals surface area contributed by atoms with E-state index in [-0.39, 0.29) is 25.0 Å². The summed E-state index contributed by atoms with van der Waals surface area (Å²) >= 11 is 1.60. The van der Waals surface area contributed by atoms with Gasteiger partial charge in [0.15, 0.2) is 0 Å². The molecule has 8 nitrogen and oxygen atoms in total. The van der Waals surface area contributed by atoms with Crippen LogP contribution in [0, 0.1) is 19.8 Å². The summed E-state index contributed by atoms with van der Waals surface area (Å²) in [6.45, 7) is 10.3. The topological polar surface area (TPSA) is 91.8 Å². The van der Waals surface area contributed by atoms with Crippen molar-refractivity contribution in [1.29, 1.82) is 0 Å². The van der Waals surface area contributed by atoms with Crippen molar-refractivity contribution >= 4 is 33.0 Å². The molecular formula is C31H40N4O4S2. The van der Waals surface area contributed by atoms with Gasteiger partial charge in [0.2, 0.25) is 15.9 Å². The Morgan fingerprint density at radius 2 is 1.95 bits per heavy atom. The molecule has 3 heterocycles. The number of piperidine rings is 1. The molecule has 41 heavy (non-hydrogen) atoms. The summed E-state index contributed by atoms with van der Waals surface area (Å²) < 4.78 is 36.0. The Morgan fingerprint density at radius 1 is 1.17 bits per heavy atom. The van der Waals surface area contributed by atoms with Gasteiger partial charge in [0.1, 0.15) is 0 Å². The minimum atomic E-state index is -3.70. The third-order valence-corrected chi connectivity index (χ3v) is 10.5. The van der Waals surface area contributed by atoms with Gasteiger partial charge in [-0.15, -0.1) is 11.3 Å². The van der Waals surface area contributed by atoms with Gasteiger partial charge in [-0.1, -0.05) is 43.7 Å². The van der Waals surface area contributed by atoms with E-state index >= 15 is 0 Å². The van der Waals surface area contributed by atoms with Gasteiger partial charge in [0, 0.05) is 35.8 Å². The van der Waals surface area contributed by atoms with Crippen LogP contribution in [0.4, 0.5) is 5.69 Å². The molecule has 1 amide bonds. The number of nitrogens with one attached hydrogen (secondary N) is 1. The molecule has 2 saturated heterocycles. The van der Waals surface area contributed by atoms with Gasteiger partial charge < -0.3 is 10.1 Å². The number of carbonyl (C=O) groups is 1. The first-order valence-electron chi connectivity index (χ1n) is 14.3. The number of nitrogens with zero attached hydrogens (tertiary/aromatic N) is 3. The van der Waals surface area contributed by atoms with Crippen LogP contribution in [0.1, 0.15) is 43.7 Å². The number of hydrogen-bond acceptors (Lipinski definition) is 7. The number of amides is 1. The van der Waals surface area contributed by atoms with E-state index in [9.17, 15) is 13.2 Å². The summed E-state index contributed by atoms with van der Waals surface area (Å²) in [5, 5.41) is 6.05. The average molecular weight is 597 g/mol. The van der Waals surface area contributed by atoms with Gasteiger partial charge in [0.25, 0.3) is 0 Å². The number of likely N-dealkylation sites (tertiary alicyclic amines) is 1. The Kier molecular flexibility index (Phi) is 8.96. The molecule has 0 radical (unpaired) electrons. The zero-order chi connectivity index (χ0) is 29.2. The monoisotopic (exact) mass is 596 g/mol. The average Bonchev–Trinajstić information content (AvgIpc) is 3.36. The number of rotatable bonds is 8. The number of aryl methyl sites for hydroxylation is 2. The Morgan fingerprint density at radius 3 is 2.66 bits per heavy atom. The van der Waals surface area contributed by atoms with Crippen molar-refractivity contribution in [2.24, 2.45) is 5.92 Å². The largest absolute Gasteiger partial charge is 0.371 e. The van der Waals surface area contributed by atoms with Gasteiger partial charge in [-0.3, -0.25) is 9.69 Å². The molecule has 0 unspecified atom stereocenters. The highest BCUT2D eigenvalue weighted by Crippen LogP contribution is 2.35. The van der Waals surface area contributed by atoms with Crippen LogP contribution in [-0.4, -0.2) is 72.9 Å². The zero-order valence-corrected chi connectivity index (χ0v) is 25.9. The quantitative estimate of drug-likeness (QED) is 0.378. The van der Waals surface area contributed by atoms with Crippen molar-refractivity contribution in [2.75, 3.05) is 38.1 Å². The number of benzene rings is 2. The molecule has 10 heteroatoms. The van der Waals surface area contributed by atoms with Gasteiger partial charge in [-0.2, -0.15) is 4.31 Å². The maximum Gasteiger partial charge on any atom is 0.243 e. The number of hydrogen-bond donors (Lipinski definition) is 1. The summed E-state index contributed by atoms with van der Waals surface area (Å²) in [5.41, 5.74) is 2.96. The number of carbonyl (C=O) groups excluding carboxylic acids is 1. The number of thiazole rings is 1. The highest BCUT2D eigenvalue weighted by Gasteiger charge is 2.47. The lowest BCUT2D eigenvalue weighted by molar-refractivity contribution is -0.146. The Labute approximate surface area is 247 Å². The summed E-state index contributed by atoms with van der Waals surface area (Å²) in [7, 11) is -3.70. The molecule has 2 atom stereocenters. The van der Waals surface area contributed by atoms with Crippen LogP contribution in [-0.2, 0) is 19.6 Å². The molecule has 2 aromatic carbocycles. The van der Waals surface area contributed by atoms with E-state index in [0.717, 1.165) is 53.3 Å². The van der Waals surface area contributed by atoms with E-state index in [1.807, 2.05) is 55.6 Å². The van der Waals surface area contributed by atoms with Gasteiger partial charge >= 0.3 is 0 Å². The van der Waals surface area contributed by atoms with Crippen LogP contribution >= 0.6 is 11.3 Å². The fourth-order valence-electron chi connectivity index (χ4n) is 5.90. The van der Waals surface area contributed by atoms with Gasteiger partial charge in [-0.25, -0.2) is 13.4 Å². The smallest absolute Gasteiger partial charge is 0.243 e. The lowest BCUT2D eigenvalue weighted by Crippen LogP contribution is -2.64. The van der Waals surface area contributed by atoms with Crippen LogP contribution in [0.2, 0.25) is 0 Å². The Bertz CT molecular complexity index is 1470. The molecule has 0 aliphatic carbocycles. The molecule has 1 aromatic heterocycles. The van der Waals surface area contributed by atoms with E-state index < -0.39 is 15.6 Å². The predicted molar refractivity (Wildman–Crippen MR) is 164 cm³/mol. The molecule has 3 aromatic rings. The molecule has 1 spiro atoms. The highest BCUT2D eigenvalue weighted by atomic mass is 32.2. The lowest BCUT2D eigenvalue weighted by Gasteiger charge is -2.50. The van der Waals surface area contributed by atoms with E-state index in [4.69, 9.17) is 4.74 Å². The lowest BCUT2D eigenvalue weighted by atomic mass is 9.89. The SMILES string of the molecule is Cc1ccc(S(=O)(=O)N2C[C@]3(CCCN(CC(=O)Nc4cccc(-c5csc(C)n5)c4)C3)OC[C@@H]2CC(C)C)cc1. The fourth-order valence-corrected chi connectivity index (χ4v) is 8.22. The first-order valence-corrected chi connectivity index (χ1v) is 16.6. The number of sulfonamides is 1. The van der Waals surface area contributed by atoms with Crippen molar-refractivity contribution in [1.82, 2.24) is 14.2 Å². The maximum absolute atomic E-state index is 13.9. The number of morpholine rings is 1. The van der Waals surface area contributed by atoms with Crippen LogP contribution < -0.4 is 5.32 Å². The van der Waals surface area contributed by atoms with Crippen LogP contribution in [0.15, 0.2) is 58.8 Å². The first-order chi connectivity index (χ1) is 19.5. The van der Waals surface area contributed by atoms with Crippen LogP contribution in [0.25, 0.3) is 11.3 Å². The summed E-state index contributed by atoms with van der Waals surface area (Å²) in [5.74, 6) is 0.226. The molecule has 1 N–H and O–H groups in total. The number of anilines is 1. The molecule has 2 aliphatic rings. The minimum absolute atomic E-state index is 0.105. The van der Waals surface area contributed by atoms with Crippen LogP contribution in [0.3, 0.4) is 0 Å². The van der Waals surface area contributed by atoms with Crippen molar-refractivity contribution < 1.29 is 17.9 Å². The molecule has 5 rings (SSSR count). The van der Waals surface area contributed by atoms with E-state index in [1.54, 1.807) is 27.8 Å². The first kappa shape index (κ1) is 29.8. The van der Waals surface area contributed by atoms with E-state index in [1.165, 1.54) is 0 Å². The minimum Gasteiger partial charge on any atom is -0.371 e. The summed E-state index contributed by atoms with van der Waals surface area (Å²) in [6, 6.07) is 14.6. The fraction of sp³-hybridized carbons (Fsp3) is 0.484. The third kappa shape index (κ3) is 7.06. The van der Waals surface area contributed by atoms with Gasteiger partial charge in [-0.05, 0) is 69.8 Å². The summed E-state index contributed by atoms with van der Waals surface area (Å²) in [6.07, 6.45) is 2.32. The standard InChI is InChI=1S/C31H40N4O4S2/c1-22(2)15-27-18-39-31(21-35(27)41(37,38)28-11-9-23(3)10-12-28)13-6-14-34(20-31)17-30(36)33-26-8-5-7-25(16-26)29-19-40-24(4)32-29/h5,7-12,16,19,22,27H,6,13-15,17-18,20-21H2,1-4H3,(H,33,36)/t27-,31+/m0/s1. The number of aromatic nitrogens is 1. The third-order valence-electron chi connectivity index (χ3n) is 7.85. The maximum atomic E-state index is 13.9. The predicted octanol–water partition coefficient (Wildman–Crippen LogP) is 5.34. The van der Waals surface area contributed by atoms with Crippen molar-refractivity contribution in [3.8, 4) is 11.3 Å². The molecule has 0 bridgehead atoms. The van der Waals surface area contributed by atoms with Crippen LogP contribution in [0.5, 0.6) is 0 Å². The van der Waals surface area contributed by atoms with E-state index in [0.29, 0.717) is 24.0 Å². The van der Waals surface area contributed by atoms with Crippen molar-refractivity contribution in [2.45, 2.75) is 63.5 Å². The highest BCUT2D eigenvalue weighted by molar-refractivity contribution is 7.89. The zero-order valence-electron chi connectivity index (χ0n) is 24.3. The molecule has 2 fully saturated rings. The molecule has 0 saturated carbocycles. The normalized spacial score (nSPS) is 22.3. The second-order valence-corrected chi connectivity index (χ2v) is 14.8. The van der Waals surface area contributed by atoms with Crippen molar-refractivity contribution in [3.05, 3.63) is 64.5 Å².